The topological polar surface area (TPSA) is 46.3 Å². The van der Waals surface area contributed by atoms with E-state index >= 15 is 0 Å². The SMILES string of the molecule is C[C@@H](Cc1ccc(F)cc1F)N(C)c1ccc2nnc(C(F)F)n2n1. The van der Waals surface area contributed by atoms with E-state index in [9.17, 15) is 17.6 Å². The van der Waals surface area contributed by atoms with E-state index < -0.39 is 23.9 Å². The lowest BCUT2D eigenvalue weighted by Crippen LogP contribution is -2.32. The monoisotopic (exact) mass is 353 g/mol. The lowest BCUT2D eigenvalue weighted by molar-refractivity contribution is 0.137. The van der Waals surface area contributed by atoms with Crippen molar-refractivity contribution in [3.63, 3.8) is 0 Å². The minimum atomic E-state index is -2.80. The maximum Gasteiger partial charge on any atom is 0.299 e. The molecule has 9 heteroatoms. The molecule has 132 valence electrons. The van der Waals surface area contributed by atoms with Crippen LogP contribution in [-0.2, 0) is 6.42 Å². The molecule has 0 bridgehead atoms. The summed E-state index contributed by atoms with van der Waals surface area (Å²) >= 11 is 0. The normalized spacial score (nSPS) is 12.8. The fourth-order valence-electron chi connectivity index (χ4n) is 2.49. The number of hydrogen-bond donors (Lipinski definition) is 0. The van der Waals surface area contributed by atoms with Crippen LogP contribution in [0.1, 0.15) is 24.7 Å². The van der Waals surface area contributed by atoms with Gasteiger partial charge in [-0.15, -0.1) is 15.3 Å². The second-order valence-electron chi connectivity index (χ2n) is 5.72. The van der Waals surface area contributed by atoms with Crippen molar-refractivity contribution >= 4 is 11.5 Å². The predicted molar refractivity (Wildman–Crippen MR) is 83.7 cm³/mol. The van der Waals surface area contributed by atoms with Gasteiger partial charge in [-0.3, -0.25) is 0 Å². The molecule has 2 aromatic heterocycles. The third-order valence-corrected chi connectivity index (χ3v) is 4.02. The molecule has 1 atom stereocenters. The van der Waals surface area contributed by atoms with Gasteiger partial charge in [-0.05, 0) is 37.1 Å². The highest BCUT2D eigenvalue weighted by Crippen LogP contribution is 2.21. The first kappa shape index (κ1) is 17.1. The second kappa shape index (κ2) is 6.66. The van der Waals surface area contributed by atoms with Crippen LogP contribution < -0.4 is 4.90 Å². The number of aromatic nitrogens is 4. The summed E-state index contributed by atoms with van der Waals surface area (Å²) in [6, 6.07) is 6.36. The van der Waals surface area contributed by atoms with Crippen molar-refractivity contribution in [2.75, 3.05) is 11.9 Å². The van der Waals surface area contributed by atoms with Crippen LogP contribution in [0.3, 0.4) is 0 Å². The van der Waals surface area contributed by atoms with Gasteiger partial charge in [-0.2, -0.15) is 4.52 Å². The number of benzene rings is 1. The molecule has 0 saturated carbocycles. The first-order valence-electron chi connectivity index (χ1n) is 7.54. The predicted octanol–water partition coefficient (Wildman–Crippen LogP) is 3.41. The molecule has 0 radical (unpaired) electrons. The molecule has 0 saturated heterocycles. The van der Waals surface area contributed by atoms with Crippen molar-refractivity contribution in [3.8, 4) is 0 Å². The van der Waals surface area contributed by atoms with Crippen LogP contribution in [0.15, 0.2) is 30.3 Å². The molecule has 0 fully saturated rings. The van der Waals surface area contributed by atoms with Gasteiger partial charge in [-0.1, -0.05) is 6.07 Å². The zero-order chi connectivity index (χ0) is 18.1. The molecular weight excluding hydrogens is 338 g/mol. The molecule has 0 aliphatic rings. The molecule has 3 rings (SSSR count). The number of halogens is 4. The summed E-state index contributed by atoms with van der Waals surface area (Å²) in [5.74, 6) is -1.39. The number of rotatable bonds is 5. The van der Waals surface area contributed by atoms with Crippen LogP contribution in [0, 0.1) is 11.6 Å². The smallest absolute Gasteiger partial charge is 0.299 e. The van der Waals surface area contributed by atoms with Gasteiger partial charge in [-0.25, -0.2) is 17.6 Å². The molecule has 0 amide bonds. The van der Waals surface area contributed by atoms with E-state index in [-0.39, 0.29) is 11.7 Å². The average molecular weight is 353 g/mol. The van der Waals surface area contributed by atoms with Crippen molar-refractivity contribution < 1.29 is 17.6 Å². The van der Waals surface area contributed by atoms with Gasteiger partial charge in [0.25, 0.3) is 6.43 Å². The molecule has 3 aromatic rings. The first-order valence-corrected chi connectivity index (χ1v) is 7.54. The Bertz CT molecular complexity index is 895. The summed E-state index contributed by atoms with van der Waals surface area (Å²) in [6.07, 6.45) is -2.50. The quantitative estimate of drug-likeness (QED) is 0.660. The average Bonchev–Trinajstić information content (AvgIpc) is 2.99. The van der Waals surface area contributed by atoms with Crippen molar-refractivity contribution in [2.24, 2.45) is 0 Å². The van der Waals surface area contributed by atoms with Crippen LogP contribution in [0.5, 0.6) is 0 Å². The standard InChI is InChI=1S/C16H15F4N5/c1-9(7-10-3-4-11(17)8-12(10)18)24(2)14-6-5-13-21-22-16(15(19)20)25(13)23-14/h3-6,8-9,15H,7H2,1-2H3/t9-/m0/s1. The largest absolute Gasteiger partial charge is 0.355 e. The Labute approximate surface area is 140 Å². The maximum atomic E-state index is 13.8. The Hall–Kier alpha value is -2.71. The molecule has 2 heterocycles. The van der Waals surface area contributed by atoms with Gasteiger partial charge in [0.15, 0.2) is 5.65 Å². The molecule has 0 unspecified atom stereocenters. The summed E-state index contributed by atoms with van der Waals surface area (Å²) in [6.45, 7) is 1.83. The van der Waals surface area contributed by atoms with Crippen LogP contribution in [0.4, 0.5) is 23.4 Å². The molecule has 0 aliphatic heterocycles. The number of likely N-dealkylation sites (N-methyl/N-ethyl adjacent to an activating group) is 1. The summed E-state index contributed by atoms with van der Waals surface area (Å²) < 4.78 is 53.7. The molecular formula is C16H15F4N5. The van der Waals surface area contributed by atoms with E-state index in [2.05, 4.69) is 15.3 Å². The number of hydrogen-bond acceptors (Lipinski definition) is 4. The van der Waals surface area contributed by atoms with Gasteiger partial charge < -0.3 is 4.90 Å². The third-order valence-electron chi connectivity index (χ3n) is 4.02. The summed E-state index contributed by atoms with van der Waals surface area (Å²) in [5, 5.41) is 11.2. The highest BCUT2D eigenvalue weighted by molar-refractivity contribution is 5.46. The molecule has 0 N–H and O–H groups in total. The maximum absolute atomic E-state index is 13.8. The molecule has 5 nitrogen and oxygen atoms in total. The van der Waals surface area contributed by atoms with E-state index in [0.717, 1.165) is 10.6 Å². The first-order chi connectivity index (χ1) is 11.9. The van der Waals surface area contributed by atoms with Gasteiger partial charge >= 0.3 is 0 Å². The highest BCUT2D eigenvalue weighted by atomic mass is 19.3. The van der Waals surface area contributed by atoms with Gasteiger partial charge in [0, 0.05) is 19.2 Å². The van der Waals surface area contributed by atoms with E-state index in [0.29, 0.717) is 17.8 Å². The Kier molecular flexibility index (Phi) is 4.56. The second-order valence-corrected chi connectivity index (χ2v) is 5.72. The van der Waals surface area contributed by atoms with E-state index in [1.165, 1.54) is 18.2 Å². The number of alkyl halides is 2. The summed E-state index contributed by atoms with van der Waals surface area (Å²) in [5.41, 5.74) is 0.573. The third kappa shape index (κ3) is 3.40. The Balaban J connectivity index is 1.85. The van der Waals surface area contributed by atoms with E-state index in [4.69, 9.17) is 0 Å². The van der Waals surface area contributed by atoms with E-state index in [1.807, 2.05) is 6.92 Å². The molecule has 1 aromatic carbocycles. The van der Waals surface area contributed by atoms with Crippen molar-refractivity contribution in [3.05, 3.63) is 53.4 Å². The number of anilines is 1. The summed E-state index contributed by atoms with van der Waals surface area (Å²) in [4.78, 5) is 1.72. The minimum Gasteiger partial charge on any atom is -0.355 e. The fourth-order valence-corrected chi connectivity index (χ4v) is 2.49. The van der Waals surface area contributed by atoms with Crippen LogP contribution in [0.2, 0.25) is 0 Å². The van der Waals surface area contributed by atoms with Gasteiger partial charge in [0.1, 0.15) is 17.5 Å². The zero-order valence-electron chi connectivity index (χ0n) is 13.5. The lowest BCUT2D eigenvalue weighted by Gasteiger charge is -2.26. The van der Waals surface area contributed by atoms with Crippen molar-refractivity contribution in [1.82, 2.24) is 19.8 Å². The van der Waals surface area contributed by atoms with Crippen molar-refractivity contribution in [1.29, 1.82) is 0 Å². The van der Waals surface area contributed by atoms with E-state index in [1.54, 1.807) is 18.0 Å². The van der Waals surface area contributed by atoms with Crippen LogP contribution in [-0.4, -0.2) is 32.9 Å². The van der Waals surface area contributed by atoms with Crippen LogP contribution >= 0.6 is 0 Å². The lowest BCUT2D eigenvalue weighted by atomic mass is 10.1. The molecule has 25 heavy (non-hydrogen) atoms. The Morgan fingerprint density at radius 2 is 1.88 bits per heavy atom. The minimum absolute atomic E-state index is 0.212. The number of nitrogens with zero attached hydrogens (tertiary/aromatic N) is 5. The van der Waals surface area contributed by atoms with Gasteiger partial charge in [0.2, 0.25) is 5.82 Å². The van der Waals surface area contributed by atoms with Crippen molar-refractivity contribution in [2.45, 2.75) is 25.8 Å². The zero-order valence-corrected chi connectivity index (χ0v) is 13.5. The highest BCUT2D eigenvalue weighted by Gasteiger charge is 2.19. The fraction of sp³-hybridized carbons (Fsp3) is 0.312. The number of fused-ring (bicyclic) bond motifs is 1. The molecule has 0 aliphatic carbocycles. The molecule has 0 spiro atoms. The van der Waals surface area contributed by atoms with Gasteiger partial charge in [0.05, 0.1) is 0 Å². The van der Waals surface area contributed by atoms with Crippen LogP contribution in [0.25, 0.3) is 5.65 Å². The Morgan fingerprint density at radius 1 is 1.12 bits per heavy atom. The summed E-state index contributed by atoms with van der Waals surface area (Å²) in [7, 11) is 1.71. The Morgan fingerprint density at radius 3 is 2.56 bits per heavy atom.